The molecule has 3 rings (SSSR count). The smallest absolute Gasteiger partial charge is 0.338 e. The number of hydrogen-bond acceptors (Lipinski definition) is 7. The van der Waals surface area contributed by atoms with Crippen LogP contribution < -0.4 is 10.0 Å². The number of aryl methyl sites for hydroxylation is 1. The fourth-order valence-electron chi connectivity index (χ4n) is 4.20. The third-order valence-corrected chi connectivity index (χ3v) is 8.01. The summed E-state index contributed by atoms with van der Waals surface area (Å²) < 4.78 is 31.5. The lowest BCUT2D eigenvalue weighted by Gasteiger charge is -2.20. The molecule has 0 bridgehead atoms. The first kappa shape index (κ1) is 31.5. The van der Waals surface area contributed by atoms with Crippen LogP contribution in [-0.2, 0) is 21.2 Å². The monoisotopic (exact) mass is 584 g/mol. The molecule has 0 saturated carbocycles. The van der Waals surface area contributed by atoms with Crippen LogP contribution in [0.3, 0.4) is 0 Å². The molecule has 216 valence electrons. The van der Waals surface area contributed by atoms with Gasteiger partial charge in [-0.25, -0.2) is 13.2 Å². The summed E-state index contributed by atoms with van der Waals surface area (Å²) >= 11 is 2.03. The van der Waals surface area contributed by atoms with Gasteiger partial charge in [0, 0.05) is 6.54 Å². The largest absolute Gasteiger partial charge is 0.506 e. The molecule has 0 heterocycles. The van der Waals surface area contributed by atoms with Gasteiger partial charge in [-0.1, -0.05) is 67.4 Å². The number of ether oxygens (including phenoxy) is 1. The van der Waals surface area contributed by atoms with Crippen molar-refractivity contribution in [1.29, 1.82) is 0 Å². The number of thioether (sulfide) groups is 1. The van der Waals surface area contributed by atoms with E-state index in [1.807, 2.05) is 17.8 Å². The maximum absolute atomic E-state index is 12.8. The van der Waals surface area contributed by atoms with E-state index in [0.29, 0.717) is 17.7 Å². The van der Waals surface area contributed by atoms with Crippen molar-refractivity contribution in [3.8, 4) is 5.75 Å². The predicted molar refractivity (Wildman–Crippen MR) is 165 cm³/mol. The number of benzene rings is 3. The minimum absolute atomic E-state index is 0.0405. The van der Waals surface area contributed by atoms with Gasteiger partial charge in [-0.05, 0) is 79.1 Å². The first-order valence-electron chi connectivity index (χ1n) is 13.7. The highest BCUT2D eigenvalue weighted by Gasteiger charge is 2.20. The van der Waals surface area contributed by atoms with Crippen LogP contribution in [0.25, 0.3) is 0 Å². The summed E-state index contributed by atoms with van der Waals surface area (Å²) in [5, 5.41) is 13.5. The lowest BCUT2D eigenvalue weighted by molar-refractivity contribution is 0.0297. The maximum atomic E-state index is 12.8. The van der Waals surface area contributed by atoms with Crippen LogP contribution in [0.2, 0.25) is 0 Å². The van der Waals surface area contributed by atoms with E-state index in [-0.39, 0.29) is 11.4 Å². The van der Waals surface area contributed by atoms with Gasteiger partial charge in [0.15, 0.2) is 0 Å². The molecule has 0 aromatic heterocycles. The van der Waals surface area contributed by atoms with Crippen molar-refractivity contribution >= 4 is 33.4 Å². The van der Waals surface area contributed by atoms with Crippen LogP contribution in [0, 0.1) is 0 Å². The number of phenols is 1. The second-order valence-corrected chi connectivity index (χ2v) is 12.7. The van der Waals surface area contributed by atoms with Crippen LogP contribution >= 0.6 is 11.8 Å². The molecule has 1 atom stereocenters. The topological polar surface area (TPSA) is 105 Å². The molecule has 7 nitrogen and oxygen atoms in total. The zero-order chi connectivity index (χ0) is 28.6. The fourth-order valence-corrected chi connectivity index (χ4v) is 5.72. The zero-order valence-corrected chi connectivity index (χ0v) is 24.7. The summed E-state index contributed by atoms with van der Waals surface area (Å²) in [4.78, 5) is 12.8. The van der Waals surface area contributed by atoms with Crippen molar-refractivity contribution in [3.63, 3.8) is 0 Å². The number of sulfonamides is 1. The van der Waals surface area contributed by atoms with E-state index >= 15 is 0 Å². The Morgan fingerprint density at radius 2 is 1.57 bits per heavy atom. The highest BCUT2D eigenvalue weighted by atomic mass is 32.2. The number of hydrogen-bond donors (Lipinski definition) is 3. The molecule has 0 aliphatic rings. The highest BCUT2D eigenvalue weighted by molar-refractivity contribution is 7.99. The van der Waals surface area contributed by atoms with Crippen LogP contribution in [0.1, 0.15) is 59.7 Å². The number of aromatic hydroxyl groups is 1. The normalized spacial score (nSPS) is 12.1. The molecule has 0 radical (unpaired) electrons. The van der Waals surface area contributed by atoms with E-state index in [0.717, 1.165) is 32.1 Å². The highest BCUT2D eigenvalue weighted by Crippen LogP contribution is 2.29. The molecule has 3 N–H and O–H groups in total. The van der Waals surface area contributed by atoms with Crippen molar-refractivity contribution < 1.29 is 23.1 Å². The van der Waals surface area contributed by atoms with E-state index in [9.17, 15) is 18.3 Å². The molecular formula is C31H40N2O5S2. The molecule has 0 aliphatic carbocycles. The Morgan fingerprint density at radius 1 is 0.900 bits per heavy atom. The van der Waals surface area contributed by atoms with Gasteiger partial charge in [-0.15, -0.1) is 0 Å². The number of nitrogens with one attached hydrogen (secondary N) is 2. The molecule has 0 spiro atoms. The van der Waals surface area contributed by atoms with Gasteiger partial charge >= 0.3 is 5.97 Å². The SMILES string of the molecule is CS(=O)(=O)Nc1cc(C(CNCCCCCCSCCCc2ccccc2)OC(=O)c2ccccc2)ccc1O. The fraction of sp³-hybridized carbons (Fsp3) is 0.387. The first-order chi connectivity index (χ1) is 19.3. The Kier molecular flexibility index (Phi) is 13.4. The molecule has 40 heavy (non-hydrogen) atoms. The molecule has 0 amide bonds. The van der Waals surface area contributed by atoms with E-state index < -0.39 is 22.1 Å². The van der Waals surface area contributed by atoms with Gasteiger partial charge < -0.3 is 15.2 Å². The number of phenolic OH excluding ortho intramolecular Hbond substituents is 1. The molecule has 0 fully saturated rings. The van der Waals surface area contributed by atoms with Gasteiger partial charge in [0.1, 0.15) is 11.9 Å². The standard InChI is InChI=1S/C31H40N2O5S2/c1-40(36,37)33-28-23-27(18-19-29(28)34)30(38-31(35)26-16-8-5-9-17-26)24-32-20-10-2-3-11-21-39-22-12-15-25-13-6-4-7-14-25/h4-9,13-14,16-19,23,30,32-34H,2-3,10-12,15,20-22,24H2,1H3. The van der Waals surface area contributed by atoms with Crippen molar-refractivity contribution in [2.24, 2.45) is 0 Å². The summed E-state index contributed by atoms with van der Waals surface area (Å²) in [5.41, 5.74) is 2.45. The van der Waals surface area contributed by atoms with Gasteiger partial charge in [0.25, 0.3) is 0 Å². The van der Waals surface area contributed by atoms with E-state index in [1.54, 1.807) is 30.3 Å². The Bertz CT molecular complexity index is 1270. The Hall–Kier alpha value is -3.01. The number of rotatable bonds is 18. The van der Waals surface area contributed by atoms with Crippen LogP contribution in [-0.4, -0.2) is 50.3 Å². The predicted octanol–water partition coefficient (Wildman–Crippen LogP) is 6.18. The number of carbonyl (C=O) groups is 1. The summed E-state index contributed by atoms with van der Waals surface area (Å²) in [7, 11) is -3.59. The molecule has 1 unspecified atom stereocenters. The van der Waals surface area contributed by atoms with Crippen LogP contribution in [0.5, 0.6) is 5.75 Å². The lowest BCUT2D eigenvalue weighted by atomic mass is 10.1. The second-order valence-electron chi connectivity index (χ2n) is 9.73. The summed E-state index contributed by atoms with van der Waals surface area (Å²) in [6.45, 7) is 1.13. The van der Waals surface area contributed by atoms with Gasteiger partial charge in [-0.3, -0.25) is 4.72 Å². The number of unbranched alkanes of at least 4 members (excludes halogenated alkanes) is 3. The van der Waals surface area contributed by atoms with Gasteiger partial charge in [-0.2, -0.15) is 11.8 Å². The third-order valence-electron chi connectivity index (χ3n) is 6.27. The minimum atomic E-state index is -3.59. The Morgan fingerprint density at radius 3 is 2.30 bits per heavy atom. The number of esters is 1. The molecule has 3 aromatic carbocycles. The van der Waals surface area contributed by atoms with Gasteiger partial charge in [0.2, 0.25) is 10.0 Å². The van der Waals surface area contributed by atoms with E-state index in [2.05, 4.69) is 40.4 Å². The quantitative estimate of drug-likeness (QED) is 0.0932. The van der Waals surface area contributed by atoms with Gasteiger partial charge in [0.05, 0.1) is 17.5 Å². The third kappa shape index (κ3) is 12.0. The summed E-state index contributed by atoms with van der Waals surface area (Å²) in [6.07, 6.45) is 7.21. The minimum Gasteiger partial charge on any atom is -0.506 e. The van der Waals surface area contributed by atoms with E-state index in [1.165, 1.54) is 48.5 Å². The van der Waals surface area contributed by atoms with Crippen LogP contribution in [0.4, 0.5) is 5.69 Å². The zero-order valence-electron chi connectivity index (χ0n) is 23.1. The van der Waals surface area contributed by atoms with Crippen molar-refractivity contribution in [3.05, 3.63) is 95.6 Å². The Balaban J connectivity index is 1.41. The van der Waals surface area contributed by atoms with E-state index in [4.69, 9.17) is 4.74 Å². The van der Waals surface area contributed by atoms with Crippen molar-refractivity contribution in [2.75, 3.05) is 35.6 Å². The average molecular weight is 585 g/mol. The summed E-state index contributed by atoms with van der Waals surface area (Å²) in [6, 6.07) is 23.9. The number of carbonyl (C=O) groups excluding carboxylic acids is 1. The number of anilines is 1. The molecule has 0 aliphatic heterocycles. The lowest BCUT2D eigenvalue weighted by Crippen LogP contribution is -2.26. The van der Waals surface area contributed by atoms with Crippen molar-refractivity contribution in [2.45, 2.75) is 44.6 Å². The van der Waals surface area contributed by atoms with Crippen LogP contribution in [0.15, 0.2) is 78.9 Å². The molecule has 0 saturated heterocycles. The summed E-state index contributed by atoms with van der Waals surface area (Å²) in [5.74, 6) is 1.70. The molecular weight excluding hydrogens is 544 g/mol. The maximum Gasteiger partial charge on any atom is 0.338 e. The second kappa shape index (κ2) is 16.9. The Labute approximate surface area is 242 Å². The molecule has 9 heteroatoms. The average Bonchev–Trinajstić information content (AvgIpc) is 2.94. The van der Waals surface area contributed by atoms with Crippen molar-refractivity contribution in [1.82, 2.24) is 5.32 Å². The molecule has 3 aromatic rings. The first-order valence-corrected chi connectivity index (χ1v) is 16.8.